The largest absolute Gasteiger partial charge is 0.489 e. The van der Waals surface area contributed by atoms with Gasteiger partial charge in [0.2, 0.25) is 0 Å². The molecule has 0 heterocycles. The number of carbonyl (C=O) groups excluding carboxylic acids is 1. The second-order valence-electron chi connectivity index (χ2n) is 8.03. The van der Waals surface area contributed by atoms with Crippen molar-refractivity contribution in [3.8, 4) is 5.75 Å². The molecule has 2 aromatic rings. The zero-order valence-electron chi connectivity index (χ0n) is 19.3. The number of ether oxygens (including phenoxy) is 2. The minimum atomic E-state index is -0.505. The zero-order chi connectivity index (χ0) is 22.9. The van der Waals surface area contributed by atoms with Crippen LogP contribution in [0.15, 0.2) is 82.0 Å². The van der Waals surface area contributed by atoms with Crippen LogP contribution in [0.1, 0.15) is 37.8 Å². The number of allylic oxidation sites excluding steroid dienone is 2. The van der Waals surface area contributed by atoms with Gasteiger partial charge in [0, 0.05) is 0 Å². The van der Waals surface area contributed by atoms with E-state index in [1.165, 1.54) is 36.5 Å². The van der Waals surface area contributed by atoms with Crippen LogP contribution in [0.2, 0.25) is 0 Å². The highest BCUT2D eigenvalue weighted by atomic mass is 16.6. The van der Waals surface area contributed by atoms with Crippen molar-refractivity contribution in [3.05, 3.63) is 88.0 Å². The highest BCUT2D eigenvalue weighted by Gasteiger charge is 2.26. The Morgan fingerprint density at radius 1 is 0.906 bits per heavy atom. The lowest BCUT2D eigenvalue weighted by molar-refractivity contribution is -0.132. The van der Waals surface area contributed by atoms with E-state index < -0.39 is 5.97 Å². The highest BCUT2D eigenvalue weighted by Crippen LogP contribution is 2.31. The fourth-order valence-electron chi connectivity index (χ4n) is 3.81. The van der Waals surface area contributed by atoms with E-state index in [1.807, 2.05) is 18.2 Å². The minimum Gasteiger partial charge on any atom is -0.489 e. The Hall–Kier alpha value is -3.34. The number of hydrogen-bond donors (Lipinski definition) is 0. The van der Waals surface area contributed by atoms with Crippen molar-refractivity contribution in [2.24, 2.45) is 5.16 Å². The van der Waals surface area contributed by atoms with Gasteiger partial charge in [-0.05, 0) is 73.9 Å². The predicted molar refractivity (Wildman–Crippen MR) is 127 cm³/mol. The Balaban J connectivity index is 1.75. The Morgan fingerprint density at radius 2 is 1.59 bits per heavy atom. The molecule has 0 aromatic heterocycles. The Morgan fingerprint density at radius 3 is 2.31 bits per heavy atom. The van der Waals surface area contributed by atoms with Crippen LogP contribution in [-0.2, 0) is 27.2 Å². The molecule has 5 heteroatoms. The molecule has 0 spiro atoms. The fourth-order valence-corrected chi connectivity index (χ4v) is 3.81. The normalized spacial score (nSPS) is 14.4. The highest BCUT2D eigenvalue weighted by molar-refractivity contribution is 6.43. The second-order valence-corrected chi connectivity index (χ2v) is 8.03. The van der Waals surface area contributed by atoms with E-state index in [2.05, 4.69) is 55.4 Å². The van der Waals surface area contributed by atoms with Gasteiger partial charge in [-0.15, -0.1) is 0 Å². The van der Waals surface area contributed by atoms with Gasteiger partial charge >= 0.3 is 5.97 Å². The zero-order valence-corrected chi connectivity index (χ0v) is 19.3. The molecule has 1 aliphatic carbocycles. The van der Waals surface area contributed by atoms with Crippen LogP contribution in [0.25, 0.3) is 0 Å². The van der Waals surface area contributed by atoms with Crippen LogP contribution in [-0.4, -0.2) is 32.5 Å². The van der Waals surface area contributed by atoms with Crippen LogP contribution in [0, 0.1) is 0 Å². The molecular weight excluding hydrogens is 402 g/mol. The van der Waals surface area contributed by atoms with E-state index in [0.717, 1.165) is 36.2 Å². The molecular formula is C27H31NO4. The SMILES string of the molecule is CO/N=C(\C(=O)OC)C1=C(COc2cccc(CCc3ccccc3)c2)CC(C)=C(C)C1. The summed E-state index contributed by atoms with van der Waals surface area (Å²) in [6, 6.07) is 18.7. The van der Waals surface area contributed by atoms with Gasteiger partial charge < -0.3 is 14.3 Å². The average Bonchev–Trinajstić information content (AvgIpc) is 2.82. The summed E-state index contributed by atoms with van der Waals surface area (Å²) in [6.07, 6.45) is 3.29. The molecule has 0 fully saturated rings. The van der Waals surface area contributed by atoms with E-state index in [0.29, 0.717) is 13.0 Å². The first-order valence-electron chi connectivity index (χ1n) is 10.8. The van der Waals surface area contributed by atoms with Gasteiger partial charge in [0.15, 0.2) is 5.71 Å². The van der Waals surface area contributed by atoms with Crippen LogP contribution in [0.3, 0.4) is 0 Å². The third kappa shape index (κ3) is 6.10. The average molecular weight is 434 g/mol. The third-order valence-electron chi connectivity index (χ3n) is 5.78. The Kier molecular flexibility index (Phi) is 8.26. The maximum atomic E-state index is 12.3. The number of esters is 1. The lowest BCUT2D eigenvalue weighted by Gasteiger charge is -2.23. The van der Waals surface area contributed by atoms with Crippen molar-refractivity contribution < 1.29 is 19.1 Å². The molecule has 0 aliphatic heterocycles. The van der Waals surface area contributed by atoms with Crippen LogP contribution >= 0.6 is 0 Å². The van der Waals surface area contributed by atoms with E-state index in [4.69, 9.17) is 14.3 Å². The number of benzene rings is 2. The van der Waals surface area contributed by atoms with Crippen LogP contribution in [0.4, 0.5) is 0 Å². The molecule has 32 heavy (non-hydrogen) atoms. The van der Waals surface area contributed by atoms with E-state index in [1.54, 1.807) is 0 Å². The van der Waals surface area contributed by atoms with Crippen molar-refractivity contribution >= 4 is 11.7 Å². The summed E-state index contributed by atoms with van der Waals surface area (Å²) in [5.74, 6) is 0.309. The summed E-state index contributed by atoms with van der Waals surface area (Å²) in [4.78, 5) is 17.2. The molecule has 2 aromatic carbocycles. The minimum absolute atomic E-state index is 0.206. The second kappa shape index (κ2) is 11.3. The van der Waals surface area contributed by atoms with Gasteiger partial charge in [-0.25, -0.2) is 4.79 Å². The first-order valence-corrected chi connectivity index (χ1v) is 10.8. The summed E-state index contributed by atoms with van der Waals surface area (Å²) in [7, 11) is 2.78. The van der Waals surface area contributed by atoms with Gasteiger partial charge in [-0.3, -0.25) is 0 Å². The molecule has 0 saturated carbocycles. The molecule has 0 unspecified atom stereocenters. The molecule has 168 valence electrons. The van der Waals surface area contributed by atoms with Gasteiger partial charge in [0.05, 0.1) is 7.11 Å². The topological polar surface area (TPSA) is 57.1 Å². The molecule has 1 aliphatic rings. The number of hydrogen-bond acceptors (Lipinski definition) is 5. The lowest BCUT2D eigenvalue weighted by Crippen LogP contribution is -2.24. The number of carbonyl (C=O) groups is 1. The summed E-state index contributed by atoms with van der Waals surface area (Å²) in [5.41, 5.74) is 7.10. The Labute approximate surface area is 190 Å². The third-order valence-corrected chi connectivity index (χ3v) is 5.78. The maximum Gasteiger partial charge on any atom is 0.360 e. The smallest absolute Gasteiger partial charge is 0.360 e. The molecule has 5 nitrogen and oxygen atoms in total. The predicted octanol–water partition coefficient (Wildman–Crippen LogP) is 5.45. The monoisotopic (exact) mass is 433 g/mol. The van der Waals surface area contributed by atoms with Crippen molar-refractivity contribution in [1.82, 2.24) is 0 Å². The maximum absolute atomic E-state index is 12.3. The molecule has 3 rings (SSSR count). The lowest BCUT2D eigenvalue weighted by atomic mass is 9.85. The molecule has 0 saturated heterocycles. The molecule has 0 atom stereocenters. The van der Waals surface area contributed by atoms with Crippen molar-refractivity contribution in [3.63, 3.8) is 0 Å². The van der Waals surface area contributed by atoms with Crippen molar-refractivity contribution in [2.45, 2.75) is 39.5 Å². The summed E-state index contributed by atoms with van der Waals surface area (Å²) >= 11 is 0. The summed E-state index contributed by atoms with van der Waals surface area (Å²) in [5, 5.41) is 3.96. The number of methoxy groups -OCH3 is 1. The van der Waals surface area contributed by atoms with Gasteiger partial charge in [-0.2, -0.15) is 0 Å². The van der Waals surface area contributed by atoms with Gasteiger partial charge in [0.25, 0.3) is 0 Å². The quantitative estimate of drug-likeness (QED) is 0.228. The number of rotatable bonds is 9. The molecule has 0 N–H and O–H groups in total. The summed E-state index contributed by atoms with van der Waals surface area (Å²) < 4.78 is 11.1. The van der Waals surface area contributed by atoms with Crippen molar-refractivity contribution in [1.29, 1.82) is 0 Å². The van der Waals surface area contributed by atoms with Crippen LogP contribution in [0.5, 0.6) is 5.75 Å². The number of aryl methyl sites for hydroxylation is 2. The number of oxime groups is 1. The van der Waals surface area contributed by atoms with Crippen LogP contribution < -0.4 is 4.74 Å². The van der Waals surface area contributed by atoms with Gasteiger partial charge in [-0.1, -0.05) is 58.8 Å². The molecule has 0 amide bonds. The van der Waals surface area contributed by atoms with E-state index in [9.17, 15) is 4.79 Å². The van der Waals surface area contributed by atoms with Gasteiger partial charge in [0.1, 0.15) is 19.5 Å². The van der Waals surface area contributed by atoms with Crippen molar-refractivity contribution in [2.75, 3.05) is 20.8 Å². The Bertz CT molecular complexity index is 1030. The first kappa shape index (κ1) is 23.3. The molecule has 0 radical (unpaired) electrons. The van der Waals surface area contributed by atoms with E-state index in [-0.39, 0.29) is 5.71 Å². The standard InChI is InChI=1S/C27H31NO4/c1-19-15-23(25(16-20(19)2)26(28-31-4)27(29)30-3)18-32-24-12-8-11-22(17-24)14-13-21-9-6-5-7-10-21/h5-12,17H,13-16,18H2,1-4H3/b28-26-. The number of nitrogens with zero attached hydrogens (tertiary/aromatic N) is 1. The van der Waals surface area contributed by atoms with E-state index >= 15 is 0 Å². The summed E-state index contributed by atoms with van der Waals surface area (Å²) in [6.45, 7) is 4.56. The fraction of sp³-hybridized carbons (Fsp3) is 0.333. The first-order chi connectivity index (χ1) is 15.5. The molecule has 0 bridgehead atoms.